The maximum absolute atomic E-state index is 2.56. The van der Waals surface area contributed by atoms with E-state index < -0.39 is 17.4 Å². The second-order valence-corrected chi connectivity index (χ2v) is 13.1. The predicted octanol–water partition coefficient (Wildman–Crippen LogP) is -0.294. The van der Waals surface area contributed by atoms with Crippen molar-refractivity contribution >= 4 is 3.81 Å². The van der Waals surface area contributed by atoms with E-state index in [1.807, 2.05) is 3.81 Å². The topological polar surface area (TPSA) is 0 Å². The molecule has 0 aliphatic heterocycles. The third-order valence-electron chi connectivity index (χ3n) is 6.52. The summed E-state index contributed by atoms with van der Waals surface area (Å²) in [4.78, 5) is 0. The quantitative estimate of drug-likeness (QED) is 0.560. The molecule has 0 nitrogen and oxygen atoms in total. The molecule has 0 saturated heterocycles. The van der Waals surface area contributed by atoms with Gasteiger partial charge in [-0.05, 0) is 0 Å². The molecule has 130 valence electrons. The molecule has 0 N–H and O–H groups in total. The zero-order valence-corrected chi connectivity index (χ0v) is 17.7. The van der Waals surface area contributed by atoms with Gasteiger partial charge in [0.05, 0.1) is 0 Å². The van der Waals surface area contributed by atoms with Crippen molar-refractivity contribution < 1.29 is 42.2 Å². The van der Waals surface area contributed by atoms with Crippen LogP contribution in [0.3, 0.4) is 0 Å². The minimum Gasteiger partial charge on any atom is -1.00 e. The molecule has 0 aromatic carbocycles. The van der Waals surface area contributed by atoms with Crippen molar-refractivity contribution in [1.29, 1.82) is 0 Å². The average Bonchev–Trinajstić information content (AvgIpc) is 3.13. The van der Waals surface area contributed by atoms with Crippen LogP contribution in [0.25, 0.3) is 0 Å². The van der Waals surface area contributed by atoms with Crippen LogP contribution in [-0.2, 0) is 17.4 Å². The van der Waals surface area contributed by atoms with Crippen LogP contribution in [-0.4, -0.2) is 3.81 Å². The molecule has 0 aromatic rings. The summed E-state index contributed by atoms with van der Waals surface area (Å²) in [7, 11) is 0. The van der Waals surface area contributed by atoms with Crippen LogP contribution in [0.15, 0.2) is 48.6 Å². The summed E-state index contributed by atoms with van der Waals surface area (Å²) in [6.45, 7) is 4.95. The zero-order valence-electron chi connectivity index (χ0n) is 14.7. The first-order valence-corrected chi connectivity index (χ1v) is 11.7. The molecular weight excluding hydrogens is 371 g/mol. The molecule has 2 fully saturated rings. The molecule has 0 spiro atoms. The molecule has 24 heavy (non-hydrogen) atoms. The predicted molar refractivity (Wildman–Crippen MR) is 92.8 cm³/mol. The number of fused-ring (bicyclic) bond motifs is 2. The van der Waals surface area contributed by atoms with Gasteiger partial charge in [0, 0.05) is 0 Å². The maximum Gasteiger partial charge on any atom is -1.00 e. The summed E-state index contributed by atoms with van der Waals surface area (Å²) in [5, 5.41) is 0. The van der Waals surface area contributed by atoms with E-state index in [2.05, 4.69) is 62.5 Å². The van der Waals surface area contributed by atoms with E-state index in [4.69, 9.17) is 0 Å². The Morgan fingerprint density at radius 1 is 0.667 bits per heavy atom. The number of hydrogen-bond donors (Lipinski definition) is 0. The van der Waals surface area contributed by atoms with Gasteiger partial charge in [-0.25, -0.2) is 0 Å². The molecule has 0 radical (unpaired) electrons. The van der Waals surface area contributed by atoms with E-state index in [1.54, 1.807) is 0 Å². The fourth-order valence-corrected chi connectivity index (χ4v) is 12.7. The average molecular weight is 399 g/mol. The first-order chi connectivity index (χ1) is 10.8. The van der Waals surface area contributed by atoms with E-state index in [0.717, 1.165) is 32.1 Å². The van der Waals surface area contributed by atoms with Crippen molar-refractivity contribution in [3.05, 3.63) is 48.6 Å². The number of halogens is 2. The standard InChI is InChI=1S/2C9H11.C3H6.2ClH.Ti/c2*1-2-5-9-7-3-6-8(9)4-1;1-3-2;;;/h2*1-2,4-6,8-9H,3,7H2;1-2H3;2*1H;/q;;;;;+2/p-2. The fourth-order valence-electron chi connectivity index (χ4n) is 5.65. The van der Waals surface area contributed by atoms with Gasteiger partial charge < -0.3 is 24.8 Å². The maximum atomic E-state index is 2.56. The fraction of sp³-hybridized carbons (Fsp3) is 0.571. The Hall–Kier alpha value is 0.124. The Morgan fingerprint density at radius 2 is 1.08 bits per heavy atom. The van der Waals surface area contributed by atoms with Crippen LogP contribution in [0.4, 0.5) is 0 Å². The molecule has 0 aromatic heterocycles. The van der Waals surface area contributed by atoms with Crippen molar-refractivity contribution in [1.82, 2.24) is 0 Å². The minimum absolute atomic E-state index is 0. The van der Waals surface area contributed by atoms with Crippen LogP contribution < -0.4 is 24.8 Å². The third-order valence-corrected chi connectivity index (χ3v) is 12.9. The SMILES string of the molecule is C[C](C)=[Ti+2]([CH]1CCC2C=CC=CC21)[CH]1CCC2C=CC=CC21.[Cl-].[Cl-]. The van der Waals surface area contributed by atoms with Crippen LogP contribution in [0.1, 0.15) is 39.5 Å². The summed E-state index contributed by atoms with van der Waals surface area (Å²) in [5.41, 5.74) is 0. The number of allylic oxidation sites excluding steroid dienone is 8. The van der Waals surface area contributed by atoms with Crippen molar-refractivity contribution in [3.8, 4) is 0 Å². The molecule has 0 heterocycles. The molecule has 6 atom stereocenters. The Labute approximate surface area is 165 Å². The van der Waals surface area contributed by atoms with E-state index in [9.17, 15) is 0 Å². The third kappa shape index (κ3) is 3.63. The molecule has 2 saturated carbocycles. The second kappa shape index (κ2) is 8.67. The van der Waals surface area contributed by atoms with Gasteiger partial charge >= 0.3 is 141 Å². The van der Waals surface area contributed by atoms with Crippen LogP contribution in [0, 0.1) is 23.7 Å². The van der Waals surface area contributed by atoms with Gasteiger partial charge in [-0.15, -0.1) is 0 Å². The van der Waals surface area contributed by atoms with Crippen molar-refractivity contribution in [3.63, 3.8) is 0 Å². The van der Waals surface area contributed by atoms with Gasteiger partial charge in [-0.3, -0.25) is 0 Å². The second-order valence-electron chi connectivity index (χ2n) is 7.85. The number of hydrogen-bond acceptors (Lipinski definition) is 0. The van der Waals surface area contributed by atoms with Crippen molar-refractivity contribution in [2.45, 2.75) is 48.0 Å². The Morgan fingerprint density at radius 3 is 1.50 bits per heavy atom. The summed E-state index contributed by atoms with van der Waals surface area (Å²) < 4.78 is 3.93. The largest absolute Gasteiger partial charge is 1.00 e. The first kappa shape index (κ1) is 20.4. The van der Waals surface area contributed by atoms with Crippen LogP contribution >= 0.6 is 0 Å². The monoisotopic (exact) mass is 398 g/mol. The molecule has 4 rings (SSSR count). The summed E-state index contributed by atoms with van der Waals surface area (Å²) in [6.07, 6.45) is 25.2. The molecule has 6 unspecified atom stereocenters. The molecular formula is C21H28Cl2Ti. The van der Waals surface area contributed by atoms with Gasteiger partial charge in [0.15, 0.2) is 0 Å². The summed E-state index contributed by atoms with van der Waals surface area (Å²) in [5.74, 6) is 3.46. The van der Waals surface area contributed by atoms with Gasteiger partial charge in [0.2, 0.25) is 0 Å². The zero-order chi connectivity index (χ0) is 15.1. The first-order valence-electron chi connectivity index (χ1n) is 9.13. The van der Waals surface area contributed by atoms with Gasteiger partial charge in [0.1, 0.15) is 0 Å². The summed E-state index contributed by atoms with van der Waals surface area (Å²) >= 11 is -1.19. The molecule has 0 amide bonds. The minimum atomic E-state index is -1.19. The smallest absolute Gasteiger partial charge is 1.00 e. The van der Waals surface area contributed by atoms with Gasteiger partial charge in [-0.2, -0.15) is 0 Å². The van der Waals surface area contributed by atoms with E-state index in [0.29, 0.717) is 0 Å². The van der Waals surface area contributed by atoms with Gasteiger partial charge in [-0.1, -0.05) is 0 Å². The Bertz CT molecular complexity index is 549. The normalized spacial score (nSPS) is 37.7. The van der Waals surface area contributed by atoms with E-state index in [1.165, 1.54) is 25.7 Å². The van der Waals surface area contributed by atoms with Crippen molar-refractivity contribution in [2.24, 2.45) is 23.7 Å². The molecule has 3 heteroatoms. The molecule has 0 bridgehead atoms. The van der Waals surface area contributed by atoms with Crippen LogP contribution in [0.2, 0.25) is 8.45 Å². The molecule has 4 aliphatic carbocycles. The van der Waals surface area contributed by atoms with E-state index >= 15 is 0 Å². The van der Waals surface area contributed by atoms with Crippen LogP contribution in [0.5, 0.6) is 0 Å². The summed E-state index contributed by atoms with van der Waals surface area (Å²) in [6, 6.07) is 0. The van der Waals surface area contributed by atoms with Gasteiger partial charge in [0.25, 0.3) is 0 Å². The van der Waals surface area contributed by atoms with E-state index in [-0.39, 0.29) is 24.8 Å². The van der Waals surface area contributed by atoms with Crippen molar-refractivity contribution in [2.75, 3.05) is 0 Å². The molecule has 4 aliphatic rings. The number of rotatable bonds is 2. The Balaban J connectivity index is 0.00000104. The Kier molecular flexibility index (Phi) is 7.39.